The second-order valence-corrected chi connectivity index (χ2v) is 6.18. The molecule has 0 aliphatic carbocycles. The first-order chi connectivity index (χ1) is 12.3. The molecule has 2 aromatic rings. The lowest BCUT2D eigenvalue weighted by atomic mass is 10.1. The van der Waals surface area contributed by atoms with Crippen molar-refractivity contribution >= 4 is 44.9 Å². The van der Waals surface area contributed by atoms with Crippen molar-refractivity contribution in [2.75, 3.05) is 24.3 Å². The fraction of sp³-hybridized carbons (Fsp3) is 0.176. The summed E-state index contributed by atoms with van der Waals surface area (Å²) in [6.45, 7) is 1.37. The molecule has 9 heteroatoms. The van der Waals surface area contributed by atoms with Gasteiger partial charge >= 0.3 is 5.97 Å². The van der Waals surface area contributed by atoms with Crippen molar-refractivity contribution in [3.05, 3.63) is 62.1 Å². The molecule has 0 radical (unpaired) electrons. The number of nitro benzene ring substituents is 1. The van der Waals surface area contributed by atoms with Crippen LogP contribution in [-0.2, 0) is 9.53 Å². The standard InChI is InChI=1S/C17H16BrN3O5/c1-10-7-12(4-5-13(10)18)20-16(22)9-26-17(23)11-3-6-14(19-2)15(8-11)21(24)25/h3-8,19H,9H2,1-2H3,(H,20,22). The van der Waals surface area contributed by atoms with Crippen LogP contribution < -0.4 is 10.6 Å². The molecule has 0 bridgehead atoms. The van der Waals surface area contributed by atoms with Gasteiger partial charge in [0.25, 0.3) is 11.6 Å². The number of anilines is 2. The van der Waals surface area contributed by atoms with Gasteiger partial charge in [-0.05, 0) is 42.8 Å². The first-order valence-electron chi connectivity index (χ1n) is 7.51. The van der Waals surface area contributed by atoms with Crippen molar-refractivity contribution in [2.24, 2.45) is 0 Å². The molecule has 8 nitrogen and oxygen atoms in total. The summed E-state index contributed by atoms with van der Waals surface area (Å²) in [6.07, 6.45) is 0. The van der Waals surface area contributed by atoms with Gasteiger partial charge in [-0.1, -0.05) is 15.9 Å². The number of halogens is 1. The Morgan fingerprint density at radius 1 is 1.23 bits per heavy atom. The fourth-order valence-electron chi connectivity index (χ4n) is 2.16. The number of carbonyl (C=O) groups excluding carboxylic acids is 2. The summed E-state index contributed by atoms with van der Waals surface area (Å²) in [5.74, 6) is -1.33. The molecule has 0 heterocycles. The number of hydrogen-bond acceptors (Lipinski definition) is 6. The van der Waals surface area contributed by atoms with E-state index in [1.54, 1.807) is 18.2 Å². The monoisotopic (exact) mass is 421 g/mol. The molecule has 2 rings (SSSR count). The van der Waals surface area contributed by atoms with Crippen LogP contribution in [0.25, 0.3) is 0 Å². The second-order valence-electron chi connectivity index (χ2n) is 5.33. The van der Waals surface area contributed by atoms with Crippen molar-refractivity contribution in [3.8, 4) is 0 Å². The number of nitrogens with one attached hydrogen (secondary N) is 2. The molecule has 0 spiro atoms. The zero-order valence-corrected chi connectivity index (χ0v) is 15.6. The number of nitro groups is 1. The molecule has 0 saturated heterocycles. The quantitative estimate of drug-likeness (QED) is 0.419. The third-order valence-electron chi connectivity index (χ3n) is 3.48. The number of rotatable bonds is 6. The van der Waals surface area contributed by atoms with Gasteiger partial charge in [0.1, 0.15) is 5.69 Å². The molecule has 136 valence electrons. The fourth-order valence-corrected chi connectivity index (χ4v) is 2.40. The zero-order chi connectivity index (χ0) is 19.3. The highest BCUT2D eigenvalue weighted by atomic mass is 79.9. The Balaban J connectivity index is 1.99. The van der Waals surface area contributed by atoms with E-state index < -0.39 is 23.4 Å². The van der Waals surface area contributed by atoms with Gasteiger partial charge in [0.15, 0.2) is 6.61 Å². The summed E-state index contributed by atoms with van der Waals surface area (Å²) in [5, 5.41) is 16.3. The minimum atomic E-state index is -0.821. The number of aryl methyl sites for hydroxylation is 1. The van der Waals surface area contributed by atoms with Gasteiger partial charge < -0.3 is 15.4 Å². The van der Waals surface area contributed by atoms with Crippen molar-refractivity contribution in [1.29, 1.82) is 0 Å². The van der Waals surface area contributed by atoms with Crippen LogP contribution in [0.1, 0.15) is 15.9 Å². The van der Waals surface area contributed by atoms with Crippen molar-refractivity contribution in [3.63, 3.8) is 0 Å². The Bertz CT molecular complexity index is 869. The maximum atomic E-state index is 12.0. The van der Waals surface area contributed by atoms with Crippen LogP contribution in [0, 0.1) is 17.0 Å². The van der Waals surface area contributed by atoms with Gasteiger partial charge in [0, 0.05) is 23.3 Å². The highest BCUT2D eigenvalue weighted by Crippen LogP contribution is 2.25. The Hall–Kier alpha value is -2.94. The summed E-state index contributed by atoms with van der Waals surface area (Å²) in [5.41, 5.74) is 1.52. The number of hydrogen-bond donors (Lipinski definition) is 2. The van der Waals surface area contributed by atoms with Crippen LogP contribution in [0.3, 0.4) is 0 Å². The van der Waals surface area contributed by atoms with Crippen LogP contribution >= 0.6 is 15.9 Å². The smallest absolute Gasteiger partial charge is 0.338 e. The van der Waals surface area contributed by atoms with E-state index >= 15 is 0 Å². The number of nitrogens with zero attached hydrogens (tertiary/aromatic N) is 1. The minimum absolute atomic E-state index is 0.0111. The van der Waals surface area contributed by atoms with Crippen LogP contribution in [0.4, 0.5) is 17.1 Å². The molecule has 0 saturated carbocycles. The van der Waals surface area contributed by atoms with Crippen molar-refractivity contribution in [2.45, 2.75) is 6.92 Å². The first kappa shape index (κ1) is 19.4. The lowest BCUT2D eigenvalue weighted by Gasteiger charge is -2.08. The Labute approximate surface area is 157 Å². The van der Waals surface area contributed by atoms with Gasteiger partial charge in [-0.3, -0.25) is 14.9 Å². The summed E-state index contributed by atoms with van der Waals surface area (Å²) < 4.78 is 5.83. The Kier molecular flexibility index (Phi) is 6.29. The van der Waals surface area contributed by atoms with E-state index in [9.17, 15) is 19.7 Å². The largest absolute Gasteiger partial charge is 0.452 e. The van der Waals surface area contributed by atoms with Gasteiger partial charge in [-0.15, -0.1) is 0 Å². The number of ether oxygens (including phenoxy) is 1. The molecule has 1 amide bonds. The van der Waals surface area contributed by atoms with Gasteiger partial charge in [0.05, 0.1) is 10.5 Å². The number of carbonyl (C=O) groups is 2. The predicted octanol–water partition coefficient (Wildman–Crippen LogP) is 3.50. The molecule has 0 aliphatic rings. The normalized spacial score (nSPS) is 10.1. The highest BCUT2D eigenvalue weighted by Gasteiger charge is 2.18. The SMILES string of the molecule is CNc1ccc(C(=O)OCC(=O)Nc2ccc(Br)c(C)c2)cc1[N+](=O)[O-]. The van der Waals surface area contributed by atoms with Crippen LogP contribution in [0.5, 0.6) is 0 Å². The van der Waals surface area contributed by atoms with E-state index in [0.29, 0.717) is 5.69 Å². The van der Waals surface area contributed by atoms with E-state index in [2.05, 4.69) is 26.6 Å². The molecular weight excluding hydrogens is 406 g/mol. The molecular formula is C17H16BrN3O5. The van der Waals surface area contributed by atoms with Crippen LogP contribution in [-0.4, -0.2) is 30.5 Å². The van der Waals surface area contributed by atoms with E-state index in [1.165, 1.54) is 19.2 Å². The van der Waals surface area contributed by atoms with Crippen molar-refractivity contribution < 1.29 is 19.2 Å². The van der Waals surface area contributed by atoms with Gasteiger partial charge in [0.2, 0.25) is 0 Å². The molecule has 26 heavy (non-hydrogen) atoms. The van der Waals surface area contributed by atoms with Gasteiger partial charge in [-0.25, -0.2) is 4.79 Å². The summed E-state index contributed by atoms with van der Waals surface area (Å²) in [4.78, 5) is 34.3. The lowest BCUT2D eigenvalue weighted by molar-refractivity contribution is -0.384. The average Bonchev–Trinajstić information content (AvgIpc) is 2.62. The maximum Gasteiger partial charge on any atom is 0.338 e. The van der Waals surface area contributed by atoms with E-state index in [1.807, 2.05) is 6.92 Å². The summed E-state index contributed by atoms with van der Waals surface area (Å²) >= 11 is 3.36. The number of amides is 1. The van der Waals surface area contributed by atoms with E-state index in [-0.39, 0.29) is 16.9 Å². The van der Waals surface area contributed by atoms with E-state index in [0.717, 1.165) is 16.1 Å². The molecule has 2 N–H and O–H groups in total. The molecule has 0 fully saturated rings. The third kappa shape index (κ3) is 4.79. The topological polar surface area (TPSA) is 111 Å². The average molecular weight is 422 g/mol. The molecule has 0 aromatic heterocycles. The summed E-state index contributed by atoms with van der Waals surface area (Å²) in [7, 11) is 1.54. The maximum absolute atomic E-state index is 12.0. The number of esters is 1. The zero-order valence-electron chi connectivity index (χ0n) is 14.0. The third-order valence-corrected chi connectivity index (χ3v) is 4.37. The van der Waals surface area contributed by atoms with Crippen LogP contribution in [0.15, 0.2) is 40.9 Å². The first-order valence-corrected chi connectivity index (χ1v) is 8.30. The predicted molar refractivity (Wildman–Crippen MR) is 100 cm³/mol. The highest BCUT2D eigenvalue weighted by molar-refractivity contribution is 9.10. The van der Waals surface area contributed by atoms with E-state index in [4.69, 9.17) is 4.74 Å². The Morgan fingerprint density at radius 2 is 1.96 bits per heavy atom. The minimum Gasteiger partial charge on any atom is -0.452 e. The molecule has 0 aliphatic heterocycles. The van der Waals surface area contributed by atoms with Crippen molar-refractivity contribution in [1.82, 2.24) is 0 Å². The molecule has 0 atom stereocenters. The van der Waals surface area contributed by atoms with Crippen LogP contribution in [0.2, 0.25) is 0 Å². The lowest BCUT2D eigenvalue weighted by Crippen LogP contribution is -2.21. The summed E-state index contributed by atoms with van der Waals surface area (Å²) in [6, 6.07) is 9.15. The Morgan fingerprint density at radius 3 is 2.58 bits per heavy atom. The molecule has 2 aromatic carbocycles. The number of benzene rings is 2. The second kappa shape index (κ2) is 8.43. The molecule has 0 unspecified atom stereocenters. The van der Waals surface area contributed by atoms with Gasteiger partial charge in [-0.2, -0.15) is 0 Å².